The average Bonchev–Trinajstić information content (AvgIpc) is 3.34. The van der Waals surface area contributed by atoms with Crippen molar-refractivity contribution in [2.45, 2.75) is 52.5 Å². The lowest BCUT2D eigenvalue weighted by Gasteiger charge is -2.22. The summed E-state index contributed by atoms with van der Waals surface area (Å²) in [5.74, 6) is -2.01. The number of hydrogen-bond acceptors (Lipinski definition) is 3. The van der Waals surface area contributed by atoms with Gasteiger partial charge in [0, 0.05) is 17.7 Å². The Bertz CT molecular complexity index is 1180. The molecule has 158 valence electrons. The Kier molecular flexibility index (Phi) is 5.40. The Morgan fingerprint density at radius 2 is 2.07 bits per heavy atom. The standard InChI is InChI=1S/C22H24F2N4O2/c1-3-10-27(21(29)16-11-13(23)8-9-17(16)24)12-19-14(4-2)20-25-18-7-5-6-15(18)22(30)28(20)26-19/h8-9,11,26H,3-7,10,12H2,1-2H3. The van der Waals surface area contributed by atoms with Gasteiger partial charge in [-0.1, -0.05) is 13.8 Å². The Morgan fingerprint density at radius 1 is 1.27 bits per heavy atom. The molecule has 4 rings (SSSR count). The number of aryl methyl sites for hydroxylation is 2. The van der Waals surface area contributed by atoms with Crippen LogP contribution in [0.25, 0.3) is 5.65 Å². The Morgan fingerprint density at radius 3 is 2.80 bits per heavy atom. The minimum absolute atomic E-state index is 0.0991. The van der Waals surface area contributed by atoms with E-state index in [0.717, 1.165) is 54.3 Å². The van der Waals surface area contributed by atoms with Crippen LogP contribution in [0.15, 0.2) is 23.0 Å². The van der Waals surface area contributed by atoms with Gasteiger partial charge in [0.25, 0.3) is 11.5 Å². The number of nitrogens with zero attached hydrogens (tertiary/aromatic N) is 3. The number of carbonyl (C=O) groups excluding carboxylic acids is 1. The highest BCUT2D eigenvalue weighted by Crippen LogP contribution is 2.22. The summed E-state index contributed by atoms with van der Waals surface area (Å²) in [6, 6.07) is 2.86. The van der Waals surface area contributed by atoms with Gasteiger partial charge in [0.1, 0.15) is 11.6 Å². The summed E-state index contributed by atoms with van der Waals surface area (Å²) >= 11 is 0. The molecule has 0 fully saturated rings. The van der Waals surface area contributed by atoms with E-state index in [1.807, 2.05) is 13.8 Å². The molecule has 2 aromatic heterocycles. The smallest absolute Gasteiger partial charge is 0.276 e. The number of benzene rings is 1. The van der Waals surface area contributed by atoms with E-state index >= 15 is 0 Å². The fraction of sp³-hybridized carbons (Fsp3) is 0.409. The number of carbonyl (C=O) groups is 1. The molecule has 3 aromatic rings. The van der Waals surface area contributed by atoms with E-state index in [1.165, 1.54) is 9.42 Å². The summed E-state index contributed by atoms with van der Waals surface area (Å²) in [7, 11) is 0. The van der Waals surface area contributed by atoms with Crippen LogP contribution in [0.4, 0.5) is 8.78 Å². The zero-order valence-electron chi connectivity index (χ0n) is 17.1. The fourth-order valence-electron chi connectivity index (χ4n) is 4.18. The third-order valence-corrected chi connectivity index (χ3v) is 5.63. The molecule has 0 aliphatic heterocycles. The highest BCUT2D eigenvalue weighted by molar-refractivity contribution is 5.94. The van der Waals surface area contributed by atoms with Crippen molar-refractivity contribution in [3.8, 4) is 0 Å². The van der Waals surface area contributed by atoms with Crippen molar-refractivity contribution >= 4 is 11.6 Å². The van der Waals surface area contributed by atoms with Crippen molar-refractivity contribution in [2.24, 2.45) is 0 Å². The van der Waals surface area contributed by atoms with Crippen molar-refractivity contribution in [3.63, 3.8) is 0 Å². The van der Waals surface area contributed by atoms with E-state index in [9.17, 15) is 18.4 Å². The van der Waals surface area contributed by atoms with E-state index in [-0.39, 0.29) is 17.7 Å². The van der Waals surface area contributed by atoms with Gasteiger partial charge in [0.05, 0.1) is 23.5 Å². The van der Waals surface area contributed by atoms with Crippen LogP contribution in [0, 0.1) is 11.6 Å². The number of amides is 1. The first-order valence-corrected chi connectivity index (χ1v) is 10.3. The van der Waals surface area contributed by atoms with Crippen molar-refractivity contribution in [3.05, 3.63) is 68.3 Å². The minimum Gasteiger partial charge on any atom is -0.333 e. The van der Waals surface area contributed by atoms with Crippen LogP contribution in [-0.2, 0) is 25.8 Å². The summed E-state index contributed by atoms with van der Waals surface area (Å²) in [5, 5.41) is 3.11. The number of halogens is 2. The summed E-state index contributed by atoms with van der Waals surface area (Å²) in [6.45, 7) is 4.39. The molecule has 6 nitrogen and oxygen atoms in total. The van der Waals surface area contributed by atoms with E-state index in [2.05, 4.69) is 5.10 Å². The SMILES string of the molecule is CCCN(Cc1[nH]n2c(=O)c3c(nc2c1CC)CCC3)C(=O)c1cc(F)ccc1F. The molecule has 0 saturated heterocycles. The second-order valence-electron chi connectivity index (χ2n) is 7.63. The number of hydrogen-bond donors (Lipinski definition) is 1. The van der Waals surface area contributed by atoms with Crippen molar-refractivity contribution < 1.29 is 13.6 Å². The molecule has 0 atom stereocenters. The first kappa shape index (κ1) is 20.3. The molecule has 1 aliphatic carbocycles. The van der Waals surface area contributed by atoms with Crippen LogP contribution in [-0.4, -0.2) is 31.9 Å². The van der Waals surface area contributed by atoms with Crippen LogP contribution in [0.3, 0.4) is 0 Å². The van der Waals surface area contributed by atoms with E-state index < -0.39 is 17.5 Å². The van der Waals surface area contributed by atoms with Crippen LogP contribution in [0.5, 0.6) is 0 Å². The van der Waals surface area contributed by atoms with Crippen LogP contribution < -0.4 is 5.56 Å². The maximum absolute atomic E-state index is 14.2. The zero-order valence-corrected chi connectivity index (χ0v) is 17.1. The van der Waals surface area contributed by atoms with E-state index in [4.69, 9.17) is 4.98 Å². The first-order chi connectivity index (χ1) is 14.4. The van der Waals surface area contributed by atoms with Crippen LogP contribution in [0.2, 0.25) is 0 Å². The van der Waals surface area contributed by atoms with Crippen LogP contribution in [0.1, 0.15) is 59.6 Å². The molecular formula is C22H24F2N4O2. The monoisotopic (exact) mass is 414 g/mol. The van der Waals surface area contributed by atoms with Gasteiger partial charge in [0.15, 0.2) is 5.65 Å². The van der Waals surface area contributed by atoms with Crippen molar-refractivity contribution in [2.75, 3.05) is 6.54 Å². The zero-order chi connectivity index (χ0) is 21.4. The number of fused-ring (bicyclic) bond motifs is 2. The highest BCUT2D eigenvalue weighted by Gasteiger charge is 2.25. The van der Waals surface area contributed by atoms with Gasteiger partial charge in [0.2, 0.25) is 0 Å². The second-order valence-corrected chi connectivity index (χ2v) is 7.63. The molecule has 1 aromatic carbocycles. The normalized spacial score (nSPS) is 13.1. The van der Waals surface area contributed by atoms with Crippen LogP contribution >= 0.6 is 0 Å². The fourth-order valence-corrected chi connectivity index (χ4v) is 4.18. The lowest BCUT2D eigenvalue weighted by molar-refractivity contribution is 0.0735. The number of aromatic nitrogens is 3. The molecule has 30 heavy (non-hydrogen) atoms. The number of rotatable bonds is 6. The summed E-state index contributed by atoms with van der Waals surface area (Å²) < 4.78 is 29.2. The average molecular weight is 414 g/mol. The van der Waals surface area contributed by atoms with Gasteiger partial charge < -0.3 is 4.90 Å². The third-order valence-electron chi connectivity index (χ3n) is 5.63. The van der Waals surface area contributed by atoms with Gasteiger partial charge in [-0.3, -0.25) is 14.7 Å². The number of aromatic amines is 1. The molecule has 0 saturated carbocycles. The van der Waals surface area contributed by atoms with E-state index in [0.29, 0.717) is 30.7 Å². The quantitative estimate of drug-likeness (QED) is 0.672. The van der Waals surface area contributed by atoms with Crippen molar-refractivity contribution in [1.82, 2.24) is 19.5 Å². The number of nitrogens with one attached hydrogen (secondary N) is 1. The molecule has 1 aliphatic rings. The highest BCUT2D eigenvalue weighted by atomic mass is 19.1. The molecule has 0 spiro atoms. The molecule has 1 N–H and O–H groups in total. The van der Waals surface area contributed by atoms with Gasteiger partial charge in [-0.05, 0) is 50.3 Å². The Hall–Kier alpha value is -3.03. The predicted molar refractivity (Wildman–Crippen MR) is 109 cm³/mol. The molecule has 1 amide bonds. The minimum atomic E-state index is -0.760. The lowest BCUT2D eigenvalue weighted by Crippen LogP contribution is -2.32. The van der Waals surface area contributed by atoms with E-state index in [1.54, 1.807) is 0 Å². The Balaban J connectivity index is 1.75. The molecular weight excluding hydrogens is 390 g/mol. The first-order valence-electron chi connectivity index (χ1n) is 10.3. The van der Waals surface area contributed by atoms with Gasteiger partial charge in [-0.25, -0.2) is 18.3 Å². The largest absolute Gasteiger partial charge is 0.333 e. The molecule has 0 unspecified atom stereocenters. The molecule has 0 radical (unpaired) electrons. The molecule has 2 heterocycles. The second kappa shape index (κ2) is 8.01. The summed E-state index contributed by atoms with van der Waals surface area (Å²) in [5.41, 5.74) is 3.32. The topological polar surface area (TPSA) is 70.5 Å². The molecule has 8 heteroatoms. The van der Waals surface area contributed by atoms with Gasteiger partial charge in [-0.15, -0.1) is 0 Å². The Labute approximate surface area is 172 Å². The lowest BCUT2D eigenvalue weighted by atomic mass is 10.1. The maximum atomic E-state index is 14.2. The third kappa shape index (κ3) is 3.40. The van der Waals surface area contributed by atoms with Crippen molar-refractivity contribution in [1.29, 1.82) is 0 Å². The summed E-state index contributed by atoms with van der Waals surface area (Å²) in [4.78, 5) is 32.0. The van der Waals surface area contributed by atoms with Gasteiger partial charge >= 0.3 is 0 Å². The maximum Gasteiger partial charge on any atom is 0.276 e. The summed E-state index contributed by atoms with van der Waals surface area (Å²) in [6.07, 6.45) is 3.72. The predicted octanol–water partition coefficient (Wildman–Crippen LogP) is 3.40. The number of H-pyrrole nitrogens is 1. The molecule has 0 bridgehead atoms. The van der Waals surface area contributed by atoms with Gasteiger partial charge in [-0.2, -0.15) is 0 Å².